The van der Waals surface area contributed by atoms with Gasteiger partial charge < -0.3 is 0 Å². The van der Waals surface area contributed by atoms with E-state index in [2.05, 4.69) is 12.1 Å². The van der Waals surface area contributed by atoms with Crippen LogP contribution in [0, 0.1) is 12.1 Å². The van der Waals surface area contributed by atoms with Crippen molar-refractivity contribution in [3.63, 3.8) is 0 Å². The van der Waals surface area contributed by atoms with Crippen molar-refractivity contribution in [3.05, 3.63) is 62.4 Å². The molecule has 1 radical (unpaired) electrons. The van der Waals surface area contributed by atoms with Crippen molar-refractivity contribution >= 4 is 116 Å². The molecule has 0 fully saturated rings. The molecule has 11 heteroatoms. The number of hydrogen-bond acceptors (Lipinski definition) is 0. The topological polar surface area (TPSA) is 0 Å². The first kappa shape index (κ1) is 25.1. The molecule has 0 N–H and O–H groups in total. The third-order valence-electron chi connectivity index (χ3n) is 1.98. The van der Waals surface area contributed by atoms with E-state index in [0.29, 0.717) is 0 Å². The zero-order valence-corrected chi connectivity index (χ0v) is 19.8. The molecule has 0 aliphatic heterocycles. The molecular formula is C12AuCl10-2. The van der Waals surface area contributed by atoms with E-state index in [0.717, 1.165) is 0 Å². The second kappa shape index (κ2) is 11.0. The summed E-state index contributed by atoms with van der Waals surface area (Å²) in [6.45, 7) is 0. The first-order valence-electron chi connectivity index (χ1n) is 4.89. The van der Waals surface area contributed by atoms with Crippen LogP contribution >= 0.6 is 116 Å². The van der Waals surface area contributed by atoms with E-state index >= 15 is 0 Å². The summed E-state index contributed by atoms with van der Waals surface area (Å²) in [5, 5.41) is 1.68. The van der Waals surface area contributed by atoms with Crippen molar-refractivity contribution in [1.29, 1.82) is 0 Å². The van der Waals surface area contributed by atoms with E-state index < -0.39 is 0 Å². The Bertz CT molecular complexity index is 602. The van der Waals surface area contributed by atoms with E-state index in [9.17, 15) is 0 Å². The summed E-state index contributed by atoms with van der Waals surface area (Å²) >= 11 is 56.0. The van der Waals surface area contributed by atoms with Gasteiger partial charge in [-0.1, -0.05) is 20.1 Å². The van der Waals surface area contributed by atoms with Gasteiger partial charge in [-0.05, 0) is 30.1 Å². The predicted octanol–water partition coefficient (Wildman–Crippen LogP) is 9.51. The van der Waals surface area contributed by atoms with E-state index in [1.165, 1.54) is 0 Å². The van der Waals surface area contributed by atoms with Crippen LogP contribution in [0.2, 0.25) is 50.2 Å². The molecule has 0 unspecified atom stereocenters. The molecule has 0 aliphatic carbocycles. The van der Waals surface area contributed by atoms with Crippen LogP contribution in [0.5, 0.6) is 0 Å². The van der Waals surface area contributed by atoms with Crippen LogP contribution in [0.25, 0.3) is 0 Å². The summed E-state index contributed by atoms with van der Waals surface area (Å²) in [6.07, 6.45) is 0. The minimum absolute atomic E-state index is 0. The maximum atomic E-state index is 5.64. The Morgan fingerprint density at radius 3 is 0.696 bits per heavy atom. The van der Waals surface area contributed by atoms with Crippen molar-refractivity contribution < 1.29 is 22.4 Å². The molecule has 0 spiro atoms. The summed E-state index contributed by atoms with van der Waals surface area (Å²) < 4.78 is 0. The largest absolute Gasteiger partial charge is 0.164 e. The Morgan fingerprint density at radius 2 is 0.522 bits per heavy atom. The average molecular weight is 696 g/mol. The maximum absolute atomic E-state index is 5.64. The van der Waals surface area contributed by atoms with Gasteiger partial charge in [0.25, 0.3) is 0 Å². The van der Waals surface area contributed by atoms with Gasteiger partial charge in [-0.2, -0.15) is 46.4 Å². The van der Waals surface area contributed by atoms with Crippen molar-refractivity contribution in [2.75, 3.05) is 0 Å². The Balaban J connectivity index is 0.000000403. The van der Waals surface area contributed by atoms with Crippen LogP contribution in [0.3, 0.4) is 0 Å². The van der Waals surface area contributed by atoms with Gasteiger partial charge in [-0.15, -0.1) is 81.7 Å². The van der Waals surface area contributed by atoms with Gasteiger partial charge in [0.15, 0.2) is 0 Å². The second-order valence-electron chi connectivity index (χ2n) is 3.39. The second-order valence-corrected chi connectivity index (χ2v) is 7.17. The number of benzene rings is 2. The van der Waals surface area contributed by atoms with Crippen molar-refractivity contribution in [3.8, 4) is 0 Å². The SMILES string of the molecule is Clc1[c-]c(Cl)c(Cl)c(Cl)c1Cl.Clc1[c-]c(Cl)c(Cl)c(Cl)c1Cl.[Au]. The Labute approximate surface area is 198 Å². The Morgan fingerprint density at radius 1 is 0.348 bits per heavy atom. The summed E-state index contributed by atoms with van der Waals surface area (Å²) in [5.41, 5.74) is 0. The molecule has 0 atom stereocenters. The molecule has 0 aliphatic rings. The molecule has 0 nitrogen and oxygen atoms in total. The standard InChI is InChI=1S/2C6Cl5.Au/c2*7-2-1-3(8)5(10)6(11)4(2)9;/q2*-1;. The molecule has 0 amide bonds. The molecule has 0 aromatic heterocycles. The summed E-state index contributed by atoms with van der Waals surface area (Å²) in [6, 6.07) is 5.06. The van der Waals surface area contributed by atoms with Crippen LogP contribution in [-0.2, 0) is 22.4 Å². The zero-order chi connectivity index (χ0) is 17.2. The summed E-state index contributed by atoms with van der Waals surface area (Å²) in [5.74, 6) is 0. The fraction of sp³-hybridized carbons (Fsp3) is 0. The van der Waals surface area contributed by atoms with Crippen molar-refractivity contribution in [2.24, 2.45) is 0 Å². The van der Waals surface area contributed by atoms with Crippen LogP contribution in [0.4, 0.5) is 0 Å². The minimum atomic E-state index is 0. The molecule has 0 saturated carbocycles. The summed E-state index contributed by atoms with van der Waals surface area (Å²) in [7, 11) is 0. The van der Waals surface area contributed by atoms with Crippen LogP contribution in [0.15, 0.2) is 0 Å². The van der Waals surface area contributed by atoms with E-state index in [1.54, 1.807) is 0 Å². The quantitative estimate of drug-likeness (QED) is 0.112. The van der Waals surface area contributed by atoms with Crippen molar-refractivity contribution in [2.45, 2.75) is 0 Å². The van der Waals surface area contributed by atoms with Crippen LogP contribution < -0.4 is 0 Å². The van der Waals surface area contributed by atoms with Gasteiger partial charge in [-0.3, -0.25) is 0 Å². The summed E-state index contributed by atoms with van der Waals surface area (Å²) in [4.78, 5) is 0. The van der Waals surface area contributed by atoms with Crippen molar-refractivity contribution in [1.82, 2.24) is 0 Å². The zero-order valence-electron chi connectivity index (χ0n) is 10.1. The molecule has 2 aromatic carbocycles. The van der Waals surface area contributed by atoms with Gasteiger partial charge in [-0.25, -0.2) is 0 Å². The monoisotopic (exact) mass is 691 g/mol. The van der Waals surface area contributed by atoms with E-state index in [4.69, 9.17) is 116 Å². The fourth-order valence-corrected chi connectivity index (χ4v) is 3.08. The smallest absolute Gasteiger partial charge is 0 e. The van der Waals surface area contributed by atoms with Gasteiger partial charge in [0, 0.05) is 22.4 Å². The molecule has 2 aromatic rings. The van der Waals surface area contributed by atoms with Crippen LogP contribution in [-0.4, -0.2) is 0 Å². The molecule has 0 bridgehead atoms. The van der Waals surface area contributed by atoms with Crippen LogP contribution in [0.1, 0.15) is 0 Å². The van der Waals surface area contributed by atoms with Gasteiger partial charge in [0.05, 0.1) is 0 Å². The molecule has 23 heavy (non-hydrogen) atoms. The third kappa shape index (κ3) is 6.63. The normalized spacial score (nSPS) is 9.83. The predicted molar refractivity (Wildman–Crippen MR) is 101 cm³/mol. The maximum Gasteiger partial charge on any atom is 0 e. The van der Waals surface area contributed by atoms with Gasteiger partial charge in [0.1, 0.15) is 0 Å². The number of hydrogen-bond donors (Lipinski definition) is 0. The third-order valence-corrected chi connectivity index (χ3v) is 6.16. The molecule has 2 rings (SSSR count). The fourth-order valence-electron chi connectivity index (χ4n) is 0.990. The van der Waals surface area contributed by atoms with E-state index in [1.807, 2.05) is 0 Å². The van der Waals surface area contributed by atoms with E-state index in [-0.39, 0.29) is 72.6 Å². The minimum Gasteiger partial charge on any atom is -0.164 e. The molecule has 0 heterocycles. The molecule has 0 saturated heterocycles. The molecular weight excluding hydrogens is 696 g/mol. The molecule has 131 valence electrons. The number of rotatable bonds is 0. The Kier molecular flexibility index (Phi) is 12.0. The Hall–Kier alpha value is 2.08. The number of halogens is 10. The average Bonchev–Trinajstić information content (AvgIpc) is 2.47. The van der Waals surface area contributed by atoms with Gasteiger partial charge >= 0.3 is 0 Å². The first-order valence-corrected chi connectivity index (χ1v) is 8.67. The first-order chi connectivity index (χ1) is 10.1. The van der Waals surface area contributed by atoms with Gasteiger partial charge in [0.2, 0.25) is 0 Å².